The van der Waals surface area contributed by atoms with Crippen LogP contribution in [0, 0.1) is 5.92 Å². The van der Waals surface area contributed by atoms with E-state index in [-0.39, 0.29) is 4.90 Å². The molecule has 0 unspecified atom stereocenters. The van der Waals surface area contributed by atoms with Crippen LogP contribution in [0.25, 0.3) is 0 Å². The maximum atomic E-state index is 12.1. The van der Waals surface area contributed by atoms with E-state index >= 15 is 0 Å². The van der Waals surface area contributed by atoms with E-state index in [0.29, 0.717) is 25.6 Å². The Bertz CT molecular complexity index is 671. The molecule has 0 atom stereocenters. The summed E-state index contributed by atoms with van der Waals surface area (Å²) in [5.41, 5.74) is 0.943. The zero-order valence-electron chi connectivity index (χ0n) is 17.2. The fourth-order valence-electron chi connectivity index (χ4n) is 2.15. The Balaban J connectivity index is 2.55. The molecule has 2 N–H and O–H groups in total. The summed E-state index contributed by atoms with van der Waals surface area (Å²) in [4.78, 5) is 4.82. The van der Waals surface area contributed by atoms with Gasteiger partial charge in [0, 0.05) is 33.8 Å². The van der Waals surface area contributed by atoms with E-state index in [1.807, 2.05) is 6.92 Å². The van der Waals surface area contributed by atoms with Crippen molar-refractivity contribution in [2.45, 2.75) is 38.6 Å². The molecule has 0 fully saturated rings. The number of nitrogens with one attached hydrogen (secondary N) is 2. The summed E-state index contributed by atoms with van der Waals surface area (Å²) in [6, 6.07) is 6.81. The van der Waals surface area contributed by atoms with Crippen molar-refractivity contribution >= 4 is 16.0 Å². The molecule has 0 radical (unpaired) electrons. The van der Waals surface area contributed by atoms with Gasteiger partial charge >= 0.3 is 0 Å². The summed E-state index contributed by atoms with van der Waals surface area (Å²) in [5, 5.41) is 6.43. The van der Waals surface area contributed by atoms with Gasteiger partial charge in [-0.1, -0.05) is 26.0 Å². The van der Waals surface area contributed by atoms with Gasteiger partial charge in [-0.05, 0) is 37.0 Å². The predicted molar refractivity (Wildman–Crippen MR) is 110 cm³/mol. The predicted octanol–water partition coefficient (Wildman–Crippen LogP) is 2.05. The third-order valence-electron chi connectivity index (χ3n) is 3.84. The van der Waals surface area contributed by atoms with Crippen molar-refractivity contribution < 1.29 is 13.2 Å². The largest absolute Gasteiger partial charge is 0.380 e. The zero-order valence-corrected chi connectivity index (χ0v) is 18.0. The molecule has 0 aliphatic heterocycles. The van der Waals surface area contributed by atoms with Crippen LogP contribution >= 0.6 is 0 Å². The Morgan fingerprint density at radius 3 is 2.37 bits per heavy atom. The molecule has 0 bridgehead atoms. The molecule has 0 aliphatic carbocycles. The van der Waals surface area contributed by atoms with Gasteiger partial charge in [-0.3, -0.25) is 0 Å². The molecule has 1 aromatic carbocycles. The molecule has 0 heterocycles. The summed E-state index contributed by atoms with van der Waals surface area (Å²) >= 11 is 0. The summed E-state index contributed by atoms with van der Waals surface area (Å²) in [6.45, 7) is 9.69. The molecule has 0 aliphatic rings. The minimum atomic E-state index is -3.40. The summed E-state index contributed by atoms with van der Waals surface area (Å²) < 4.78 is 31.0. The number of sulfonamides is 1. The second-order valence-corrected chi connectivity index (χ2v) is 9.00. The number of aliphatic imine (C=N–C) groups is 1. The van der Waals surface area contributed by atoms with Gasteiger partial charge < -0.3 is 15.4 Å². The van der Waals surface area contributed by atoms with E-state index in [0.717, 1.165) is 31.1 Å². The van der Waals surface area contributed by atoms with Gasteiger partial charge in [0.05, 0.1) is 18.0 Å². The van der Waals surface area contributed by atoms with E-state index in [1.54, 1.807) is 24.3 Å². The second kappa shape index (κ2) is 11.9. The van der Waals surface area contributed by atoms with Crippen LogP contribution < -0.4 is 10.6 Å². The highest BCUT2D eigenvalue weighted by Gasteiger charge is 2.16. The third kappa shape index (κ3) is 8.73. The van der Waals surface area contributed by atoms with E-state index in [2.05, 4.69) is 29.5 Å². The number of nitrogens with zero attached hydrogens (tertiary/aromatic N) is 2. The van der Waals surface area contributed by atoms with Gasteiger partial charge in [0.2, 0.25) is 10.0 Å². The molecule has 1 aromatic rings. The molecule has 27 heavy (non-hydrogen) atoms. The van der Waals surface area contributed by atoms with Gasteiger partial charge in [-0.25, -0.2) is 17.7 Å². The molecule has 8 heteroatoms. The molecule has 0 aromatic heterocycles. The van der Waals surface area contributed by atoms with Crippen LogP contribution in [0.4, 0.5) is 0 Å². The Hall–Kier alpha value is -1.64. The summed E-state index contributed by atoms with van der Waals surface area (Å²) in [5.74, 6) is 1.37. The van der Waals surface area contributed by atoms with Crippen molar-refractivity contribution in [3.63, 3.8) is 0 Å². The van der Waals surface area contributed by atoms with Gasteiger partial charge in [0.1, 0.15) is 0 Å². The Morgan fingerprint density at radius 2 is 1.81 bits per heavy atom. The lowest BCUT2D eigenvalue weighted by Gasteiger charge is -2.13. The van der Waals surface area contributed by atoms with Crippen LogP contribution in [0.5, 0.6) is 0 Å². The number of rotatable bonds is 11. The maximum absolute atomic E-state index is 12.1. The highest BCUT2D eigenvalue weighted by molar-refractivity contribution is 7.89. The Kier molecular flexibility index (Phi) is 10.4. The molecular formula is C19H34N4O3S. The fourth-order valence-corrected chi connectivity index (χ4v) is 3.05. The average Bonchev–Trinajstić information content (AvgIpc) is 2.62. The fraction of sp³-hybridized carbons (Fsp3) is 0.632. The molecule has 0 saturated heterocycles. The summed E-state index contributed by atoms with van der Waals surface area (Å²) in [7, 11) is -0.355. The van der Waals surface area contributed by atoms with Gasteiger partial charge in [0.15, 0.2) is 5.96 Å². The Labute approximate surface area is 164 Å². The smallest absolute Gasteiger partial charge is 0.242 e. The number of benzene rings is 1. The van der Waals surface area contributed by atoms with Gasteiger partial charge in [0.25, 0.3) is 0 Å². The highest BCUT2D eigenvalue weighted by atomic mass is 32.2. The molecule has 1 rings (SSSR count). The lowest BCUT2D eigenvalue weighted by molar-refractivity contribution is 0.128. The molecule has 0 amide bonds. The first-order valence-corrected chi connectivity index (χ1v) is 10.8. The van der Waals surface area contributed by atoms with Crippen molar-refractivity contribution in [3.8, 4) is 0 Å². The van der Waals surface area contributed by atoms with Crippen LogP contribution in [0.2, 0.25) is 0 Å². The SMILES string of the molecule is CCNC(=NCc1ccc(S(=O)(=O)N(C)C)cc1)NCCOCCC(C)C. The first-order chi connectivity index (χ1) is 12.8. The van der Waals surface area contributed by atoms with Crippen molar-refractivity contribution in [2.75, 3.05) is 40.4 Å². The zero-order chi connectivity index (χ0) is 20.3. The minimum absolute atomic E-state index is 0.281. The lowest BCUT2D eigenvalue weighted by atomic mass is 10.1. The summed E-state index contributed by atoms with van der Waals surface area (Å²) in [6.07, 6.45) is 1.06. The quantitative estimate of drug-likeness (QED) is 0.339. The number of hydrogen-bond donors (Lipinski definition) is 2. The Morgan fingerprint density at radius 1 is 1.15 bits per heavy atom. The van der Waals surface area contributed by atoms with Crippen molar-refractivity contribution in [3.05, 3.63) is 29.8 Å². The molecule has 154 valence electrons. The van der Waals surface area contributed by atoms with E-state index in [9.17, 15) is 8.42 Å². The maximum Gasteiger partial charge on any atom is 0.242 e. The van der Waals surface area contributed by atoms with Crippen molar-refractivity contribution in [1.29, 1.82) is 0 Å². The minimum Gasteiger partial charge on any atom is -0.380 e. The first-order valence-electron chi connectivity index (χ1n) is 9.38. The van der Waals surface area contributed by atoms with E-state index < -0.39 is 10.0 Å². The van der Waals surface area contributed by atoms with Crippen LogP contribution in [-0.2, 0) is 21.3 Å². The second-order valence-electron chi connectivity index (χ2n) is 6.85. The standard InChI is InChI=1S/C19H34N4O3S/c1-6-20-19(21-12-14-26-13-11-16(2)3)22-15-17-7-9-18(10-8-17)27(24,25)23(4)5/h7-10,16H,6,11-15H2,1-5H3,(H2,20,21,22). The molecule has 7 nitrogen and oxygen atoms in total. The topological polar surface area (TPSA) is 83.0 Å². The van der Waals surface area contributed by atoms with Crippen LogP contribution in [0.3, 0.4) is 0 Å². The van der Waals surface area contributed by atoms with Gasteiger partial charge in [-0.15, -0.1) is 0 Å². The number of ether oxygens (including phenoxy) is 1. The van der Waals surface area contributed by atoms with Gasteiger partial charge in [-0.2, -0.15) is 0 Å². The highest BCUT2D eigenvalue weighted by Crippen LogP contribution is 2.14. The van der Waals surface area contributed by atoms with Crippen LogP contribution in [-0.4, -0.2) is 59.1 Å². The van der Waals surface area contributed by atoms with Crippen molar-refractivity contribution in [2.24, 2.45) is 10.9 Å². The molecule has 0 spiro atoms. The average molecular weight is 399 g/mol. The monoisotopic (exact) mass is 398 g/mol. The normalized spacial score (nSPS) is 12.6. The van der Waals surface area contributed by atoms with Crippen LogP contribution in [0.15, 0.2) is 34.2 Å². The van der Waals surface area contributed by atoms with Crippen LogP contribution in [0.1, 0.15) is 32.8 Å². The van der Waals surface area contributed by atoms with E-state index in [1.165, 1.54) is 18.4 Å². The lowest BCUT2D eigenvalue weighted by Crippen LogP contribution is -2.39. The van der Waals surface area contributed by atoms with Crippen molar-refractivity contribution in [1.82, 2.24) is 14.9 Å². The molecule has 0 saturated carbocycles. The number of guanidine groups is 1. The first kappa shape index (κ1) is 23.4. The van der Waals surface area contributed by atoms with E-state index in [4.69, 9.17) is 4.74 Å². The number of hydrogen-bond acceptors (Lipinski definition) is 4. The molecular weight excluding hydrogens is 364 g/mol. The third-order valence-corrected chi connectivity index (χ3v) is 5.67.